The molecule has 0 saturated carbocycles. The average Bonchev–Trinajstić information content (AvgIpc) is 3.08. The third-order valence-electron chi connectivity index (χ3n) is 3.86. The number of nitrogens with zero attached hydrogens (tertiary/aromatic N) is 1. The van der Waals surface area contributed by atoms with Gasteiger partial charge < -0.3 is 20.5 Å². The van der Waals surface area contributed by atoms with Gasteiger partial charge in [0.05, 0.1) is 19.3 Å². The van der Waals surface area contributed by atoms with E-state index < -0.39 is 0 Å². The Kier molecular flexibility index (Phi) is 5.90. The van der Waals surface area contributed by atoms with Crippen LogP contribution in [0.1, 0.15) is 32.5 Å². The second kappa shape index (κ2) is 8.53. The Morgan fingerprint density at radius 1 is 1.07 bits per heavy atom. The Bertz CT molecular complexity index is 982. The molecule has 144 valence electrons. The molecule has 0 aliphatic rings. The van der Waals surface area contributed by atoms with Crippen LogP contribution in [0.15, 0.2) is 48.5 Å². The van der Waals surface area contributed by atoms with E-state index in [0.717, 1.165) is 0 Å². The molecule has 0 aliphatic carbocycles. The molecule has 0 fully saturated rings. The van der Waals surface area contributed by atoms with E-state index in [0.29, 0.717) is 39.2 Å². The van der Waals surface area contributed by atoms with Crippen molar-refractivity contribution in [2.45, 2.75) is 6.92 Å². The van der Waals surface area contributed by atoms with Crippen LogP contribution in [0.4, 0.5) is 16.6 Å². The van der Waals surface area contributed by atoms with Crippen LogP contribution in [0.5, 0.6) is 5.75 Å². The van der Waals surface area contributed by atoms with E-state index in [1.807, 2.05) is 0 Å². The molecule has 3 N–H and O–H groups in total. The lowest BCUT2D eigenvalue weighted by Crippen LogP contribution is -2.04. The third kappa shape index (κ3) is 4.29. The fraction of sp³-hybridized carbons (Fsp3) is 0.150. The highest BCUT2D eigenvalue weighted by atomic mass is 32.1. The molecule has 0 amide bonds. The maximum Gasteiger partial charge on any atom is 0.338 e. The van der Waals surface area contributed by atoms with Crippen molar-refractivity contribution in [3.05, 3.63) is 64.5 Å². The lowest BCUT2D eigenvalue weighted by molar-refractivity contribution is 0.0526. The number of carbonyl (C=O) groups excluding carboxylic acids is 2. The number of benzene rings is 2. The van der Waals surface area contributed by atoms with Gasteiger partial charge in [0.2, 0.25) is 5.78 Å². The monoisotopic (exact) mass is 397 g/mol. The standard InChI is InChI=1S/C20H19N3O4S/c1-3-27-19(25)13-4-8-14(9-5-13)22-20-23-18(21)17(28-20)16(24)12-6-10-15(26-2)11-7-12/h4-11H,3,21H2,1-2H3,(H,22,23). The Morgan fingerprint density at radius 3 is 2.32 bits per heavy atom. The predicted octanol–water partition coefficient (Wildman–Crippen LogP) is 3.89. The van der Waals surface area contributed by atoms with Crippen LogP contribution in [0, 0.1) is 0 Å². The van der Waals surface area contributed by atoms with Gasteiger partial charge in [-0.2, -0.15) is 0 Å². The van der Waals surface area contributed by atoms with Crippen molar-refractivity contribution in [1.29, 1.82) is 0 Å². The summed E-state index contributed by atoms with van der Waals surface area (Å²) in [5.41, 5.74) is 7.61. The number of anilines is 3. The Hall–Kier alpha value is -3.39. The molecular weight excluding hydrogens is 378 g/mol. The minimum absolute atomic E-state index is 0.163. The van der Waals surface area contributed by atoms with Gasteiger partial charge in [0.15, 0.2) is 5.13 Å². The summed E-state index contributed by atoms with van der Waals surface area (Å²) in [6, 6.07) is 13.6. The first-order valence-corrected chi connectivity index (χ1v) is 9.32. The summed E-state index contributed by atoms with van der Waals surface area (Å²) >= 11 is 1.17. The van der Waals surface area contributed by atoms with Crippen molar-refractivity contribution >= 4 is 39.7 Å². The highest BCUT2D eigenvalue weighted by Crippen LogP contribution is 2.30. The second-order valence-electron chi connectivity index (χ2n) is 5.71. The minimum Gasteiger partial charge on any atom is -0.497 e. The highest BCUT2D eigenvalue weighted by Gasteiger charge is 2.18. The molecule has 0 aliphatic heterocycles. The van der Waals surface area contributed by atoms with E-state index in [1.54, 1.807) is 62.6 Å². The van der Waals surface area contributed by atoms with Crippen LogP contribution in [-0.4, -0.2) is 30.5 Å². The quantitative estimate of drug-likeness (QED) is 0.460. The lowest BCUT2D eigenvalue weighted by Gasteiger charge is -2.04. The number of hydrogen-bond acceptors (Lipinski definition) is 8. The van der Waals surface area contributed by atoms with Gasteiger partial charge in [-0.15, -0.1) is 0 Å². The van der Waals surface area contributed by atoms with Crippen LogP contribution >= 0.6 is 11.3 Å². The number of ether oxygens (including phenoxy) is 2. The zero-order valence-corrected chi connectivity index (χ0v) is 16.2. The van der Waals surface area contributed by atoms with Crippen molar-refractivity contribution < 1.29 is 19.1 Å². The van der Waals surface area contributed by atoms with E-state index in [9.17, 15) is 9.59 Å². The van der Waals surface area contributed by atoms with Gasteiger partial charge >= 0.3 is 5.97 Å². The molecule has 0 radical (unpaired) electrons. The SMILES string of the molecule is CCOC(=O)c1ccc(Nc2nc(N)c(C(=O)c3ccc(OC)cc3)s2)cc1. The van der Waals surface area contributed by atoms with E-state index in [4.69, 9.17) is 15.2 Å². The maximum absolute atomic E-state index is 12.7. The number of thiazole rings is 1. The van der Waals surface area contributed by atoms with Crippen LogP contribution in [0.2, 0.25) is 0 Å². The Labute approximate surface area is 166 Å². The molecule has 1 heterocycles. The fourth-order valence-electron chi connectivity index (χ4n) is 2.45. The number of ketones is 1. The highest BCUT2D eigenvalue weighted by molar-refractivity contribution is 7.18. The number of nitrogen functional groups attached to an aromatic ring is 1. The van der Waals surface area contributed by atoms with Crippen LogP contribution in [0.3, 0.4) is 0 Å². The first-order chi connectivity index (χ1) is 13.5. The van der Waals surface area contributed by atoms with Gasteiger partial charge in [0, 0.05) is 11.3 Å². The molecular formula is C20H19N3O4S. The van der Waals surface area contributed by atoms with Crippen molar-refractivity contribution in [3.63, 3.8) is 0 Å². The third-order valence-corrected chi connectivity index (χ3v) is 4.84. The summed E-state index contributed by atoms with van der Waals surface area (Å²) in [5, 5.41) is 3.58. The first-order valence-electron chi connectivity index (χ1n) is 8.51. The molecule has 3 rings (SSSR count). The van der Waals surface area contributed by atoms with Crippen molar-refractivity contribution in [2.24, 2.45) is 0 Å². The maximum atomic E-state index is 12.7. The van der Waals surface area contributed by atoms with E-state index in [2.05, 4.69) is 10.3 Å². The fourth-order valence-corrected chi connectivity index (χ4v) is 3.32. The number of nitrogens with two attached hydrogens (primary N) is 1. The summed E-state index contributed by atoms with van der Waals surface area (Å²) in [6.07, 6.45) is 0. The van der Waals surface area contributed by atoms with E-state index >= 15 is 0 Å². The predicted molar refractivity (Wildman–Crippen MR) is 109 cm³/mol. The number of nitrogens with one attached hydrogen (secondary N) is 1. The van der Waals surface area contributed by atoms with Gasteiger partial charge in [0.25, 0.3) is 0 Å². The van der Waals surface area contributed by atoms with Crippen molar-refractivity contribution in [3.8, 4) is 5.75 Å². The summed E-state index contributed by atoms with van der Waals surface area (Å²) < 4.78 is 10.1. The number of carbonyl (C=O) groups is 2. The minimum atomic E-state index is -0.375. The smallest absolute Gasteiger partial charge is 0.338 e. The number of esters is 1. The Balaban J connectivity index is 1.74. The first kappa shape index (κ1) is 19.4. The molecule has 8 heteroatoms. The topological polar surface area (TPSA) is 104 Å². The summed E-state index contributed by atoms with van der Waals surface area (Å²) in [5.74, 6) is 0.252. The number of aromatic nitrogens is 1. The molecule has 0 unspecified atom stereocenters. The Morgan fingerprint density at radius 2 is 1.71 bits per heavy atom. The zero-order chi connectivity index (χ0) is 20.1. The summed E-state index contributed by atoms with van der Waals surface area (Å²) in [6.45, 7) is 2.08. The van der Waals surface area contributed by atoms with Gasteiger partial charge in [-0.3, -0.25) is 4.79 Å². The largest absolute Gasteiger partial charge is 0.497 e. The molecule has 3 aromatic rings. The van der Waals surface area contributed by atoms with Crippen LogP contribution in [0.25, 0.3) is 0 Å². The number of hydrogen-bond donors (Lipinski definition) is 2. The average molecular weight is 397 g/mol. The van der Waals surface area contributed by atoms with Gasteiger partial charge in [-0.05, 0) is 55.5 Å². The summed E-state index contributed by atoms with van der Waals surface area (Å²) in [4.78, 5) is 29.0. The molecule has 0 atom stereocenters. The van der Waals surface area contributed by atoms with E-state index in [1.165, 1.54) is 11.3 Å². The molecule has 1 aromatic heterocycles. The molecule has 7 nitrogen and oxygen atoms in total. The molecule has 2 aromatic carbocycles. The zero-order valence-electron chi connectivity index (χ0n) is 15.4. The molecule has 28 heavy (non-hydrogen) atoms. The normalized spacial score (nSPS) is 10.4. The second-order valence-corrected chi connectivity index (χ2v) is 6.71. The van der Waals surface area contributed by atoms with Crippen molar-refractivity contribution in [2.75, 3.05) is 24.8 Å². The molecule has 0 saturated heterocycles. The molecule has 0 bridgehead atoms. The molecule has 0 spiro atoms. The van der Waals surface area contributed by atoms with Gasteiger partial charge in [-0.1, -0.05) is 11.3 Å². The number of rotatable bonds is 7. The number of methoxy groups -OCH3 is 1. The van der Waals surface area contributed by atoms with Crippen LogP contribution < -0.4 is 15.8 Å². The lowest BCUT2D eigenvalue weighted by atomic mass is 10.1. The van der Waals surface area contributed by atoms with Crippen LogP contribution in [-0.2, 0) is 4.74 Å². The van der Waals surface area contributed by atoms with Crippen molar-refractivity contribution in [1.82, 2.24) is 4.98 Å². The van der Waals surface area contributed by atoms with E-state index in [-0.39, 0.29) is 17.6 Å². The summed E-state index contributed by atoms with van der Waals surface area (Å²) in [7, 11) is 1.56. The van der Waals surface area contributed by atoms with Gasteiger partial charge in [0.1, 0.15) is 16.4 Å². The van der Waals surface area contributed by atoms with Gasteiger partial charge in [-0.25, -0.2) is 9.78 Å².